The van der Waals surface area contributed by atoms with Crippen molar-refractivity contribution in [3.05, 3.63) is 47.8 Å². The van der Waals surface area contributed by atoms with Crippen molar-refractivity contribution in [1.29, 1.82) is 0 Å². The normalized spacial score (nSPS) is 20.2. The molecule has 2 atom stereocenters. The number of carboxylic acid groups (broad SMARTS) is 1. The maximum absolute atomic E-state index is 14.5. The SMILES string of the molecule is Cc1cn2cc(NC(=O)N3CCc4c(N5CC6CCC(C5)N6)ccnc43)c(F)cc2n1.O=C(O)C(F)(F)F. The Labute approximate surface area is 214 Å². The first-order valence-corrected chi connectivity index (χ1v) is 12.0. The lowest BCUT2D eigenvalue weighted by Crippen LogP contribution is -2.51. The highest BCUT2D eigenvalue weighted by Crippen LogP contribution is 2.36. The molecule has 0 aliphatic carbocycles. The van der Waals surface area contributed by atoms with E-state index in [1.165, 1.54) is 24.6 Å². The number of nitrogens with zero attached hydrogens (tertiary/aromatic N) is 5. The van der Waals surface area contributed by atoms with Crippen LogP contribution in [0.1, 0.15) is 24.1 Å². The molecule has 0 aromatic carbocycles. The number of pyridine rings is 2. The van der Waals surface area contributed by atoms with Gasteiger partial charge in [-0.3, -0.25) is 4.90 Å². The van der Waals surface area contributed by atoms with Gasteiger partial charge in [-0.15, -0.1) is 0 Å². The Morgan fingerprint density at radius 2 is 1.87 bits per heavy atom. The molecule has 3 aliphatic heterocycles. The Balaban J connectivity index is 0.000000374. The summed E-state index contributed by atoms with van der Waals surface area (Å²) in [5.41, 5.74) is 3.68. The van der Waals surface area contributed by atoms with E-state index in [0.29, 0.717) is 30.1 Å². The summed E-state index contributed by atoms with van der Waals surface area (Å²) < 4.78 is 48.0. The van der Waals surface area contributed by atoms with E-state index in [1.54, 1.807) is 27.9 Å². The van der Waals surface area contributed by atoms with Crippen LogP contribution in [0.2, 0.25) is 0 Å². The first-order chi connectivity index (χ1) is 18.0. The first kappa shape index (κ1) is 25.7. The van der Waals surface area contributed by atoms with Crippen molar-refractivity contribution in [2.45, 2.75) is 44.4 Å². The lowest BCUT2D eigenvalue weighted by molar-refractivity contribution is -0.192. The highest BCUT2D eigenvalue weighted by molar-refractivity contribution is 6.03. The van der Waals surface area contributed by atoms with Gasteiger partial charge in [-0.25, -0.2) is 23.9 Å². The Hall–Kier alpha value is -3.94. The minimum Gasteiger partial charge on any atom is -0.475 e. The van der Waals surface area contributed by atoms with E-state index in [9.17, 15) is 22.4 Å². The number of aliphatic carboxylic acids is 1. The van der Waals surface area contributed by atoms with Gasteiger partial charge in [0.25, 0.3) is 0 Å². The van der Waals surface area contributed by atoms with Crippen molar-refractivity contribution < 1.29 is 32.3 Å². The van der Waals surface area contributed by atoms with Crippen LogP contribution in [0.25, 0.3) is 5.65 Å². The van der Waals surface area contributed by atoms with Gasteiger partial charge in [0, 0.05) is 67.6 Å². The van der Waals surface area contributed by atoms with E-state index in [0.717, 1.165) is 30.8 Å². The number of amides is 2. The molecule has 3 N–H and O–H groups in total. The number of aryl methyl sites for hydroxylation is 1. The molecule has 6 rings (SSSR count). The molecule has 3 aromatic rings. The number of anilines is 3. The lowest BCUT2D eigenvalue weighted by Gasteiger charge is -2.35. The maximum atomic E-state index is 14.5. The monoisotopic (exact) mass is 535 g/mol. The standard InChI is InChI=1S/C22H24FN7O.C2HF3O2/c1-13-9-29-12-18(17(23)8-20(29)25-13)27-22(31)30-7-5-16-19(4-6-24-21(16)30)28-10-14-2-3-15(11-28)26-14;3-2(4,5)1(6)7/h4,6,8-9,12,14-15,26H,2-3,5,7,10-11H2,1H3,(H,27,31);(H,6,7). The van der Waals surface area contributed by atoms with Crippen LogP contribution in [0.15, 0.2) is 30.7 Å². The fraction of sp³-hybridized carbons (Fsp3) is 0.417. The topological polar surface area (TPSA) is 115 Å². The zero-order valence-electron chi connectivity index (χ0n) is 20.3. The van der Waals surface area contributed by atoms with Crippen LogP contribution in [-0.2, 0) is 11.2 Å². The van der Waals surface area contributed by atoms with Crippen LogP contribution in [0.3, 0.4) is 0 Å². The van der Waals surface area contributed by atoms with Crippen LogP contribution < -0.4 is 20.4 Å². The highest BCUT2D eigenvalue weighted by Gasteiger charge is 2.38. The number of nitrogens with one attached hydrogen (secondary N) is 2. The molecule has 14 heteroatoms. The van der Waals surface area contributed by atoms with Crippen LogP contribution in [0.5, 0.6) is 0 Å². The van der Waals surface area contributed by atoms with Gasteiger partial charge in [-0.05, 0) is 32.3 Å². The number of rotatable bonds is 2. The predicted molar refractivity (Wildman–Crippen MR) is 130 cm³/mol. The first-order valence-electron chi connectivity index (χ1n) is 12.0. The van der Waals surface area contributed by atoms with E-state index in [-0.39, 0.29) is 11.7 Å². The molecule has 0 saturated carbocycles. The van der Waals surface area contributed by atoms with Crippen LogP contribution >= 0.6 is 0 Å². The van der Waals surface area contributed by atoms with Gasteiger partial charge in [0.05, 0.1) is 11.4 Å². The maximum Gasteiger partial charge on any atom is 0.490 e. The molecular weight excluding hydrogens is 510 g/mol. The summed E-state index contributed by atoms with van der Waals surface area (Å²) in [5.74, 6) is -2.60. The number of carboxylic acids is 1. The summed E-state index contributed by atoms with van der Waals surface area (Å²) in [6, 6.07) is 4.08. The smallest absolute Gasteiger partial charge is 0.475 e. The molecule has 2 unspecified atom stereocenters. The third-order valence-corrected chi connectivity index (χ3v) is 6.80. The molecule has 2 fully saturated rings. The fourth-order valence-electron chi connectivity index (χ4n) is 5.17. The second-order valence-electron chi connectivity index (χ2n) is 9.49. The van der Waals surface area contributed by atoms with Crippen LogP contribution in [0, 0.1) is 12.7 Å². The Morgan fingerprint density at radius 3 is 2.53 bits per heavy atom. The molecule has 202 valence electrons. The lowest BCUT2D eigenvalue weighted by atomic mass is 10.1. The summed E-state index contributed by atoms with van der Waals surface area (Å²) >= 11 is 0. The minimum absolute atomic E-state index is 0.123. The average Bonchev–Trinajstić information content (AvgIpc) is 3.54. The molecule has 38 heavy (non-hydrogen) atoms. The van der Waals surface area contributed by atoms with E-state index in [2.05, 4.69) is 31.6 Å². The Morgan fingerprint density at radius 1 is 1.18 bits per heavy atom. The number of carbonyl (C=O) groups excluding carboxylic acids is 1. The molecule has 0 spiro atoms. The van der Waals surface area contributed by atoms with Crippen molar-refractivity contribution in [3.63, 3.8) is 0 Å². The molecule has 3 aromatic heterocycles. The van der Waals surface area contributed by atoms with Gasteiger partial charge >= 0.3 is 18.2 Å². The minimum atomic E-state index is -5.08. The summed E-state index contributed by atoms with van der Waals surface area (Å²) in [6.07, 6.45) is 3.21. The summed E-state index contributed by atoms with van der Waals surface area (Å²) in [4.78, 5) is 34.7. The molecular formula is C24H25F4N7O3. The largest absolute Gasteiger partial charge is 0.490 e. The van der Waals surface area contributed by atoms with Gasteiger partial charge in [0.2, 0.25) is 0 Å². The van der Waals surface area contributed by atoms with Crippen molar-refractivity contribution in [2.24, 2.45) is 0 Å². The fourth-order valence-corrected chi connectivity index (χ4v) is 5.17. The summed E-state index contributed by atoms with van der Waals surface area (Å²) in [5, 5.41) is 13.5. The number of hydrogen-bond donors (Lipinski definition) is 3. The molecule has 2 amide bonds. The molecule has 3 aliphatic rings. The number of hydrogen-bond acceptors (Lipinski definition) is 6. The van der Waals surface area contributed by atoms with Gasteiger partial charge < -0.3 is 25.0 Å². The second-order valence-corrected chi connectivity index (χ2v) is 9.49. The number of alkyl halides is 3. The third kappa shape index (κ3) is 5.08. The van der Waals surface area contributed by atoms with Gasteiger partial charge in [-0.2, -0.15) is 13.2 Å². The average molecular weight is 536 g/mol. The quantitative estimate of drug-likeness (QED) is 0.431. The van der Waals surface area contributed by atoms with Crippen LogP contribution in [-0.4, -0.2) is 69.4 Å². The van der Waals surface area contributed by atoms with Gasteiger partial charge in [-0.1, -0.05) is 0 Å². The zero-order chi connectivity index (χ0) is 27.2. The van der Waals surface area contributed by atoms with Gasteiger partial charge in [0.15, 0.2) is 5.82 Å². The Bertz CT molecular complexity index is 1380. The highest BCUT2D eigenvalue weighted by atomic mass is 19.4. The number of fused-ring (bicyclic) bond motifs is 4. The van der Waals surface area contributed by atoms with E-state index < -0.39 is 18.0 Å². The third-order valence-electron chi connectivity index (χ3n) is 6.80. The summed E-state index contributed by atoms with van der Waals surface area (Å²) in [7, 11) is 0. The summed E-state index contributed by atoms with van der Waals surface area (Å²) in [6.45, 7) is 4.33. The zero-order valence-corrected chi connectivity index (χ0v) is 20.3. The van der Waals surface area contributed by atoms with E-state index >= 15 is 0 Å². The van der Waals surface area contributed by atoms with Crippen molar-refractivity contribution in [2.75, 3.05) is 34.8 Å². The van der Waals surface area contributed by atoms with E-state index in [1.807, 2.05) is 6.92 Å². The van der Waals surface area contributed by atoms with Gasteiger partial charge in [0.1, 0.15) is 11.5 Å². The molecule has 0 radical (unpaired) electrons. The van der Waals surface area contributed by atoms with Crippen LogP contribution in [0.4, 0.5) is 39.5 Å². The predicted octanol–water partition coefficient (Wildman–Crippen LogP) is 3.35. The van der Waals surface area contributed by atoms with Crippen molar-refractivity contribution in [1.82, 2.24) is 19.7 Å². The van der Waals surface area contributed by atoms with Crippen molar-refractivity contribution >= 4 is 34.8 Å². The number of imidazole rings is 1. The molecule has 10 nitrogen and oxygen atoms in total. The second kappa shape index (κ2) is 9.74. The molecule has 2 bridgehead atoms. The Kier molecular flexibility index (Phi) is 6.59. The molecule has 6 heterocycles. The van der Waals surface area contributed by atoms with E-state index in [4.69, 9.17) is 9.90 Å². The number of halogens is 4. The number of carbonyl (C=O) groups is 2. The molecule has 2 saturated heterocycles. The van der Waals surface area contributed by atoms with Crippen molar-refractivity contribution in [3.8, 4) is 0 Å². The number of piperazine rings is 1. The number of urea groups is 1. The number of aromatic nitrogens is 3.